The van der Waals surface area contributed by atoms with E-state index in [1.807, 2.05) is 32.0 Å². The molecule has 0 amide bonds. The van der Waals surface area contributed by atoms with E-state index in [9.17, 15) is 0 Å². The van der Waals surface area contributed by atoms with Crippen molar-refractivity contribution < 1.29 is 4.74 Å². The second-order valence-electron chi connectivity index (χ2n) is 3.51. The minimum Gasteiger partial charge on any atom is -0.478 e. The topological polar surface area (TPSA) is 47.0 Å². The Morgan fingerprint density at radius 1 is 1.35 bits per heavy atom. The van der Waals surface area contributed by atoms with Crippen LogP contribution in [0.15, 0.2) is 23.6 Å². The Kier molecular flexibility index (Phi) is 3.93. The Bertz CT molecular complexity index is 484. The molecule has 0 atom stereocenters. The van der Waals surface area contributed by atoms with Crippen LogP contribution in [0.3, 0.4) is 0 Å². The van der Waals surface area contributed by atoms with E-state index in [0.29, 0.717) is 19.0 Å². The van der Waals surface area contributed by atoms with Crippen molar-refractivity contribution in [2.45, 2.75) is 20.4 Å². The molecule has 4 nitrogen and oxygen atoms in total. The number of anilines is 1. The van der Waals surface area contributed by atoms with Crippen LogP contribution in [0.1, 0.15) is 17.6 Å². The lowest BCUT2D eigenvalue weighted by molar-refractivity contribution is 0.327. The van der Waals surface area contributed by atoms with Crippen LogP contribution in [0, 0.1) is 6.92 Å². The van der Waals surface area contributed by atoms with E-state index >= 15 is 0 Å². The van der Waals surface area contributed by atoms with Crippen molar-refractivity contribution in [1.82, 2.24) is 9.97 Å². The fourth-order valence-electron chi connectivity index (χ4n) is 1.41. The van der Waals surface area contributed by atoms with Gasteiger partial charge in [0.25, 0.3) is 0 Å². The molecule has 0 aliphatic carbocycles. The molecule has 0 unspecified atom stereocenters. The Morgan fingerprint density at radius 3 is 2.94 bits per heavy atom. The summed E-state index contributed by atoms with van der Waals surface area (Å²) in [5.41, 5.74) is 1.04. The molecular weight excluding hydrogens is 234 g/mol. The molecular formula is C12H15N3OS. The van der Waals surface area contributed by atoms with Gasteiger partial charge in [0, 0.05) is 11.4 Å². The molecule has 2 rings (SSSR count). The van der Waals surface area contributed by atoms with E-state index in [1.165, 1.54) is 0 Å². The van der Waals surface area contributed by atoms with Crippen LogP contribution >= 0.6 is 11.3 Å². The first-order valence-electron chi connectivity index (χ1n) is 5.52. The fourth-order valence-corrected chi connectivity index (χ4v) is 2.02. The summed E-state index contributed by atoms with van der Waals surface area (Å²) in [5.74, 6) is 1.45. The summed E-state index contributed by atoms with van der Waals surface area (Å²) in [7, 11) is 0. The monoisotopic (exact) mass is 249 g/mol. The van der Waals surface area contributed by atoms with Crippen LogP contribution in [-0.4, -0.2) is 16.6 Å². The standard InChI is InChI=1S/C12H15N3OS/c1-3-16-12-6-4-5-11(15-12)13-7-10-8-17-9(2)14-10/h4-6,8H,3,7H2,1-2H3,(H,13,15). The first-order valence-corrected chi connectivity index (χ1v) is 6.40. The van der Waals surface area contributed by atoms with Crippen LogP contribution in [-0.2, 0) is 6.54 Å². The molecule has 0 fully saturated rings. The summed E-state index contributed by atoms with van der Waals surface area (Å²) in [6, 6.07) is 5.69. The largest absolute Gasteiger partial charge is 0.478 e. The van der Waals surface area contributed by atoms with Gasteiger partial charge in [0.05, 0.1) is 23.9 Å². The van der Waals surface area contributed by atoms with Crippen molar-refractivity contribution in [1.29, 1.82) is 0 Å². The second-order valence-corrected chi connectivity index (χ2v) is 4.57. The average Bonchev–Trinajstić information content (AvgIpc) is 2.74. The van der Waals surface area contributed by atoms with E-state index in [1.54, 1.807) is 11.3 Å². The molecule has 5 heteroatoms. The molecule has 2 heterocycles. The smallest absolute Gasteiger partial charge is 0.215 e. The van der Waals surface area contributed by atoms with Gasteiger partial charge in [-0.3, -0.25) is 0 Å². The quantitative estimate of drug-likeness (QED) is 0.885. The zero-order chi connectivity index (χ0) is 12.1. The number of nitrogens with one attached hydrogen (secondary N) is 1. The third-order valence-corrected chi connectivity index (χ3v) is 2.96. The maximum Gasteiger partial charge on any atom is 0.215 e. The Morgan fingerprint density at radius 2 is 2.24 bits per heavy atom. The molecule has 90 valence electrons. The van der Waals surface area contributed by atoms with Crippen LogP contribution in [0.2, 0.25) is 0 Å². The third-order valence-electron chi connectivity index (χ3n) is 2.13. The number of hydrogen-bond donors (Lipinski definition) is 1. The van der Waals surface area contributed by atoms with Crippen LogP contribution in [0.4, 0.5) is 5.82 Å². The highest BCUT2D eigenvalue weighted by atomic mass is 32.1. The van der Waals surface area contributed by atoms with Gasteiger partial charge in [-0.15, -0.1) is 11.3 Å². The molecule has 0 aromatic carbocycles. The van der Waals surface area contributed by atoms with Gasteiger partial charge in [-0.25, -0.2) is 4.98 Å². The van der Waals surface area contributed by atoms with Crippen LogP contribution in [0.25, 0.3) is 0 Å². The Labute approximate surface area is 105 Å². The number of pyridine rings is 1. The molecule has 17 heavy (non-hydrogen) atoms. The molecule has 2 aromatic heterocycles. The van der Waals surface area contributed by atoms with Crippen molar-refractivity contribution in [3.63, 3.8) is 0 Å². The summed E-state index contributed by atoms with van der Waals surface area (Å²) in [4.78, 5) is 8.71. The van der Waals surface area contributed by atoms with Gasteiger partial charge in [0.15, 0.2) is 0 Å². The van der Waals surface area contributed by atoms with Crippen molar-refractivity contribution in [2.75, 3.05) is 11.9 Å². The lowest BCUT2D eigenvalue weighted by Crippen LogP contribution is -2.03. The van der Waals surface area contributed by atoms with Crippen molar-refractivity contribution >= 4 is 17.2 Å². The minimum atomic E-state index is 0.627. The van der Waals surface area contributed by atoms with E-state index in [2.05, 4.69) is 20.7 Å². The number of ether oxygens (including phenoxy) is 1. The van der Waals surface area contributed by atoms with E-state index < -0.39 is 0 Å². The number of hydrogen-bond acceptors (Lipinski definition) is 5. The summed E-state index contributed by atoms with van der Waals surface area (Å²) in [5, 5.41) is 6.36. The van der Waals surface area contributed by atoms with Gasteiger partial charge in [-0.2, -0.15) is 4.98 Å². The van der Waals surface area contributed by atoms with Crippen LogP contribution < -0.4 is 10.1 Å². The summed E-state index contributed by atoms with van der Waals surface area (Å²) < 4.78 is 5.34. The Hall–Kier alpha value is -1.62. The predicted octanol–water partition coefficient (Wildman–Crippen LogP) is 2.86. The summed E-state index contributed by atoms with van der Waals surface area (Å²) in [6.45, 7) is 5.26. The van der Waals surface area contributed by atoms with Gasteiger partial charge in [0.2, 0.25) is 5.88 Å². The lowest BCUT2D eigenvalue weighted by Gasteiger charge is -2.06. The highest BCUT2D eigenvalue weighted by Gasteiger charge is 2.00. The zero-order valence-electron chi connectivity index (χ0n) is 9.93. The summed E-state index contributed by atoms with van der Waals surface area (Å²) >= 11 is 1.65. The maximum atomic E-state index is 5.34. The fraction of sp³-hybridized carbons (Fsp3) is 0.333. The van der Waals surface area contributed by atoms with E-state index in [0.717, 1.165) is 16.5 Å². The lowest BCUT2D eigenvalue weighted by atomic mass is 10.4. The summed E-state index contributed by atoms with van der Waals surface area (Å²) in [6.07, 6.45) is 0. The second kappa shape index (κ2) is 5.63. The van der Waals surface area contributed by atoms with Gasteiger partial charge in [-0.05, 0) is 19.9 Å². The number of aromatic nitrogens is 2. The van der Waals surface area contributed by atoms with E-state index in [-0.39, 0.29) is 0 Å². The number of nitrogens with zero attached hydrogens (tertiary/aromatic N) is 2. The van der Waals surface area contributed by atoms with E-state index in [4.69, 9.17) is 4.74 Å². The highest BCUT2D eigenvalue weighted by Crippen LogP contribution is 2.13. The molecule has 0 aliphatic heterocycles. The first kappa shape index (κ1) is 11.9. The van der Waals surface area contributed by atoms with Crippen molar-refractivity contribution in [3.8, 4) is 5.88 Å². The molecule has 0 bridgehead atoms. The Balaban J connectivity index is 1.96. The molecule has 0 radical (unpaired) electrons. The molecule has 0 spiro atoms. The molecule has 0 saturated carbocycles. The first-order chi connectivity index (χ1) is 8.28. The zero-order valence-corrected chi connectivity index (χ0v) is 10.8. The molecule has 1 N–H and O–H groups in total. The third kappa shape index (κ3) is 3.42. The minimum absolute atomic E-state index is 0.627. The van der Waals surface area contributed by atoms with Gasteiger partial charge in [0.1, 0.15) is 5.82 Å². The highest BCUT2D eigenvalue weighted by molar-refractivity contribution is 7.09. The van der Waals surface area contributed by atoms with Crippen molar-refractivity contribution in [2.24, 2.45) is 0 Å². The SMILES string of the molecule is CCOc1cccc(NCc2csc(C)n2)n1. The average molecular weight is 249 g/mol. The van der Waals surface area contributed by atoms with Gasteiger partial charge in [-0.1, -0.05) is 6.07 Å². The predicted molar refractivity (Wildman–Crippen MR) is 69.6 cm³/mol. The van der Waals surface area contributed by atoms with Gasteiger partial charge < -0.3 is 10.1 Å². The molecule has 0 saturated heterocycles. The maximum absolute atomic E-state index is 5.34. The van der Waals surface area contributed by atoms with Gasteiger partial charge >= 0.3 is 0 Å². The number of aryl methyl sites for hydroxylation is 1. The molecule has 2 aromatic rings. The number of thiazole rings is 1. The molecule has 0 aliphatic rings. The normalized spacial score (nSPS) is 10.2. The van der Waals surface area contributed by atoms with Crippen LogP contribution in [0.5, 0.6) is 5.88 Å². The van der Waals surface area contributed by atoms with Crippen molar-refractivity contribution in [3.05, 3.63) is 34.3 Å². The number of rotatable bonds is 5.